The number of nitrogens with zero attached hydrogens (tertiary/aromatic N) is 6. The smallest absolute Gasteiger partial charge is 0.407 e. The highest BCUT2D eigenvalue weighted by Crippen LogP contribution is 2.43. The van der Waals surface area contributed by atoms with Crippen molar-refractivity contribution in [2.45, 2.75) is 96.2 Å². The van der Waals surface area contributed by atoms with Gasteiger partial charge < -0.3 is 24.3 Å². The minimum absolute atomic E-state index is 0.00600. The van der Waals surface area contributed by atoms with Crippen molar-refractivity contribution in [2.24, 2.45) is 14.1 Å². The zero-order valence-electron chi connectivity index (χ0n) is 27.8. The van der Waals surface area contributed by atoms with Crippen LogP contribution in [0.1, 0.15) is 40.0 Å². The van der Waals surface area contributed by atoms with Gasteiger partial charge in [-0.1, -0.05) is 48.9 Å². The molecule has 6 rings (SSSR count). The molecule has 2 fully saturated rings. The van der Waals surface area contributed by atoms with Gasteiger partial charge in [-0.05, 0) is 52.1 Å². The van der Waals surface area contributed by atoms with Crippen LogP contribution in [-0.4, -0.2) is 68.4 Å². The van der Waals surface area contributed by atoms with E-state index < -0.39 is 19.8 Å². The maximum Gasteiger partial charge on any atom is 0.407 e. The number of alkyl carbamates (subject to hydrolysis) is 1. The lowest BCUT2D eigenvalue weighted by atomic mass is 9.96. The number of carbonyl (C=O) groups excluding carboxylic acids is 1. The molecule has 2 bridgehead atoms. The second-order valence-electron chi connectivity index (χ2n) is 14.8. The molecule has 0 saturated carbocycles. The Kier molecular flexibility index (Phi) is 8.48. The summed E-state index contributed by atoms with van der Waals surface area (Å²) in [5.41, 5.74) is 1.75. The largest absolute Gasteiger partial charge is 0.444 e. The Balaban J connectivity index is 1.43. The molecule has 2 saturated heterocycles. The quantitative estimate of drug-likeness (QED) is 0.165. The number of benzene rings is 1. The molecule has 1 aromatic carbocycles. The first-order valence-corrected chi connectivity index (χ1v) is 20.3. The fraction of sp³-hybridized carbons (Fsp3) is 0.562. The number of halogens is 2. The molecule has 3 atom stereocenters. The predicted octanol–water partition coefficient (Wildman–Crippen LogP) is 6.54. The molecule has 3 aromatic heterocycles. The monoisotopic (exact) mass is 687 g/mol. The van der Waals surface area contributed by atoms with Gasteiger partial charge in [0.25, 0.3) is 5.56 Å². The third-order valence-corrected chi connectivity index (χ3v) is 11.5. The number of hydrogen-bond donors (Lipinski definition) is 1. The summed E-state index contributed by atoms with van der Waals surface area (Å²) in [5.74, 6) is 0.573. The Bertz CT molecular complexity index is 1890. The van der Waals surface area contributed by atoms with Gasteiger partial charge in [0.2, 0.25) is 5.95 Å². The number of nitrogens with one attached hydrogen (secondary N) is 1. The van der Waals surface area contributed by atoms with Crippen LogP contribution in [-0.2, 0) is 30.3 Å². The third kappa shape index (κ3) is 6.04. The first-order chi connectivity index (χ1) is 21.5. The molecule has 5 heterocycles. The number of amides is 1. The predicted molar refractivity (Wildman–Crippen MR) is 186 cm³/mol. The van der Waals surface area contributed by atoms with Crippen LogP contribution in [0.2, 0.25) is 35.9 Å². The highest BCUT2D eigenvalue weighted by molar-refractivity contribution is 6.76. The number of hydrogen-bond acceptors (Lipinski definition) is 7. The van der Waals surface area contributed by atoms with E-state index in [-0.39, 0.29) is 30.4 Å². The van der Waals surface area contributed by atoms with E-state index in [1.165, 1.54) is 0 Å². The van der Waals surface area contributed by atoms with Crippen molar-refractivity contribution < 1.29 is 14.3 Å². The van der Waals surface area contributed by atoms with E-state index >= 15 is 0 Å². The van der Waals surface area contributed by atoms with Gasteiger partial charge in [-0.15, -0.1) is 0 Å². The van der Waals surface area contributed by atoms with E-state index in [0.29, 0.717) is 55.8 Å². The lowest BCUT2D eigenvalue weighted by molar-refractivity contribution is 0.0497. The second kappa shape index (κ2) is 11.9. The first kappa shape index (κ1) is 32.9. The number of carbonyl (C=O) groups is 1. The highest BCUT2D eigenvalue weighted by Gasteiger charge is 2.49. The van der Waals surface area contributed by atoms with E-state index in [4.69, 9.17) is 37.7 Å². The van der Waals surface area contributed by atoms with Gasteiger partial charge >= 0.3 is 6.09 Å². The van der Waals surface area contributed by atoms with Crippen LogP contribution >= 0.6 is 23.2 Å². The SMILES string of the molecule is Cn1nc2ccc(-c3cn(COCC[Si](C)(C)C)c4nc(N5C6CC[C@H]5C[C@@H]6NC(=O)OC(C)(C)C)n(C)c(=O)c34)c(Cl)c2c1Cl. The van der Waals surface area contributed by atoms with Crippen molar-refractivity contribution in [3.05, 3.63) is 38.9 Å². The maximum atomic E-state index is 14.3. The van der Waals surface area contributed by atoms with Gasteiger partial charge in [0.1, 0.15) is 17.5 Å². The minimum atomic E-state index is -1.30. The van der Waals surface area contributed by atoms with Crippen molar-refractivity contribution in [3.63, 3.8) is 0 Å². The molecule has 1 unspecified atom stereocenters. The molecule has 0 aliphatic carbocycles. The van der Waals surface area contributed by atoms with E-state index in [9.17, 15) is 9.59 Å². The molecule has 4 aromatic rings. The molecule has 2 aliphatic heterocycles. The summed E-state index contributed by atoms with van der Waals surface area (Å²) < 4.78 is 16.8. The number of anilines is 1. The molecule has 46 heavy (non-hydrogen) atoms. The van der Waals surface area contributed by atoms with E-state index in [0.717, 1.165) is 25.3 Å². The molecule has 1 N–H and O–H groups in total. The lowest BCUT2D eigenvalue weighted by Crippen LogP contribution is -2.46. The normalized spacial score (nSPS) is 20.0. The number of aryl methyl sites for hydroxylation is 1. The summed E-state index contributed by atoms with van der Waals surface area (Å²) in [6.45, 7) is 13.4. The van der Waals surface area contributed by atoms with Crippen molar-refractivity contribution in [1.82, 2.24) is 29.2 Å². The Morgan fingerprint density at radius 1 is 1.11 bits per heavy atom. The fourth-order valence-electron chi connectivity index (χ4n) is 6.71. The molecular weight excluding hydrogens is 645 g/mol. The van der Waals surface area contributed by atoms with E-state index in [2.05, 4.69) is 35.0 Å². The van der Waals surface area contributed by atoms with Crippen LogP contribution in [0.25, 0.3) is 33.1 Å². The van der Waals surface area contributed by atoms with Crippen LogP contribution < -0.4 is 15.8 Å². The first-order valence-electron chi connectivity index (χ1n) is 15.8. The fourth-order valence-corrected chi connectivity index (χ4v) is 8.10. The highest BCUT2D eigenvalue weighted by atomic mass is 35.5. The van der Waals surface area contributed by atoms with Crippen LogP contribution in [0.4, 0.5) is 10.7 Å². The topological polar surface area (TPSA) is 108 Å². The molecule has 14 heteroatoms. The Hall–Kier alpha value is -3.06. The van der Waals surface area contributed by atoms with Crippen molar-refractivity contribution >= 4 is 65.3 Å². The molecule has 1 amide bonds. The summed E-state index contributed by atoms with van der Waals surface area (Å²) in [6.07, 6.45) is 4.07. The number of aromatic nitrogens is 5. The lowest BCUT2D eigenvalue weighted by Gasteiger charge is -2.28. The zero-order valence-corrected chi connectivity index (χ0v) is 30.3. The number of fused-ring (bicyclic) bond motifs is 4. The number of ether oxygens (including phenoxy) is 2. The molecule has 11 nitrogen and oxygen atoms in total. The minimum Gasteiger partial charge on any atom is -0.444 e. The Morgan fingerprint density at radius 2 is 1.85 bits per heavy atom. The van der Waals surface area contributed by atoms with Gasteiger partial charge in [-0.25, -0.2) is 4.79 Å². The van der Waals surface area contributed by atoms with Crippen molar-refractivity contribution in [1.29, 1.82) is 0 Å². The third-order valence-electron chi connectivity index (χ3n) is 8.93. The van der Waals surface area contributed by atoms with Crippen LogP contribution in [0, 0.1) is 0 Å². The van der Waals surface area contributed by atoms with Crippen molar-refractivity contribution in [3.8, 4) is 11.1 Å². The summed E-state index contributed by atoms with van der Waals surface area (Å²) in [7, 11) is 2.22. The average molecular weight is 689 g/mol. The summed E-state index contributed by atoms with van der Waals surface area (Å²) in [6, 6.07) is 4.78. The van der Waals surface area contributed by atoms with Crippen molar-refractivity contribution in [2.75, 3.05) is 11.5 Å². The van der Waals surface area contributed by atoms with Gasteiger partial charge in [-0.2, -0.15) is 10.1 Å². The van der Waals surface area contributed by atoms with Gasteiger partial charge in [0.15, 0.2) is 5.65 Å². The average Bonchev–Trinajstić information content (AvgIpc) is 3.68. The summed E-state index contributed by atoms with van der Waals surface area (Å²) in [5, 5.41) is 9.47. The molecule has 0 radical (unpaired) electrons. The second-order valence-corrected chi connectivity index (χ2v) is 21.1. The Morgan fingerprint density at radius 3 is 2.54 bits per heavy atom. The number of rotatable bonds is 8. The van der Waals surface area contributed by atoms with E-state index in [1.54, 1.807) is 23.3 Å². The summed E-state index contributed by atoms with van der Waals surface area (Å²) >= 11 is 13.6. The molecule has 0 spiro atoms. The van der Waals surface area contributed by atoms with Crippen LogP contribution in [0.3, 0.4) is 0 Å². The van der Waals surface area contributed by atoms with Crippen LogP contribution in [0.5, 0.6) is 0 Å². The molecule has 248 valence electrons. The summed E-state index contributed by atoms with van der Waals surface area (Å²) in [4.78, 5) is 34.4. The zero-order chi connectivity index (χ0) is 33.3. The maximum absolute atomic E-state index is 14.3. The molecular formula is C32H43Cl2N7O4Si. The Labute approximate surface area is 279 Å². The molecule has 2 aliphatic rings. The van der Waals surface area contributed by atoms with Gasteiger partial charge in [0.05, 0.1) is 33.4 Å². The van der Waals surface area contributed by atoms with Gasteiger partial charge in [-0.3, -0.25) is 14.0 Å². The van der Waals surface area contributed by atoms with Gasteiger partial charge in [0, 0.05) is 52.1 Å². The standard InChI is InChI=1S/C32H43Cl2N7O4Si/c1-32(2,3)45-31(43)35-22-15-18-9-12-23(22)41(18)30-36-28-24(29(42)38(30)4)20(16-40(28)17-44-13-14-46(6,7)8)19-10-11-21-25(26(19)33)27(34)39(5)37-21/h10-11,16,18,22-23H,9,12-15,17H2,1-8H3,(H,35,43)/t18-,22-,23?/m0/s1. The van der Waals surface area contributed by atoms with Crippen LogP contribution in [0.15, 0.2) is 23.1 Å². The van der Waals surface area contributed by atoms with E-state index in [1.807, 2.05) is 43.7 Å².